The van der Waals surface area contributed by atoms with E-state index in [1.165, 1.54) is 25.1 Å². The molecule has 0 bridgehead atoms. The summed E-state index contributed by atoms with van der Waals surface area (Å²) in [5.74, 6) is 2.98. The molecular weight excluding hydrogens is 198 g/mol. The lowest BCUT2D eigenvalue weighted by molar-refractivity contribution is 0.340. The average molecular weight is 221 g/mol. The fourth-order valence-electron chi connectivity index (χ4n) is 2.54. The normalized spacial score (nSPS) is 19.7. The predicted octanol–water partition coefficient (Wildman–Crippen LogP) is 1.99. The molecule has 1 N–H and O–H groups in total. The van der Waals surface area contributed by atoms with Gasteiger partial charge in [0.1, 0.15) is 5.82 Å². The second-order valence-electron chi connectivity index (χ2n) is 5.08. The van der Waals surface area contributed by atoms with E-state index in [-0.39, 0.29) is 0 Å². The lowest BCUT2D eigenvalue weighted by Gasteiger charge is -2.23. The molecule has 0 radical (unpaired) electrons. The maximum Gasteiger partial charge on any atom is 0.108 e. The first-order chi connectivity index (χ1) is 7.72. The number of hydrogen-bond acceptors (Lipinski definition) is 2. The van der Waals surface area contributed by atoms with Crippen LogP contribution in [-0.4, -0.2) is 22.6 Å². The van der Waals surface area contributed by atoms with Crippen molar-refractivity contribution in [3.05, 3.63) is 18.2 Å². The highest BCUT2D eigenvalue weighted by molar-refractivity contribution is 4.94. The molecule has 2 unspecified atom stereocenters. The van der Waals surface area contributed by atoms with Crippen LogP contribution in [0.1, 0.15) is 32.0 Å². The smallest absolute Gasteiger partial charge is 0.108 e. The van der Waals surface area contributed by atoms with E-state index in [1.54, 1.807) is 0 Å². The molecule has 90 valence electrons. The Kier molecular flexibility index (Phi) is 3.64. The zero-order chi connectivity index (χ0) is 11.5. The minimum Gasteiger partial charge on any atom is -0.338 e. The van der Waals surface area contributed by atoms with Crippen LogP contribution in [0, 0.1) is 11.8 Å². The van der Waals surface area contributed by atoms with Gasteiger partial charge in [-0.1, -0.05) is 6.92 Å². The molecule has 2 atom stereocenters. The van der Waals surface area contributed by atoms with Crippen LogP contribution in [0.4, 0.5) is 0 Å². The zero-order valence-corrected chi connectivity index (χ0v) is 10.6. The Bertz CT molecular complexity index is 328. The van der Waals surface area contributed by atoms with Crippen LogP contribution in [0.15, 0.2) is 12.4 Å². The minimum atomic E-state index is 0.643. The molecule has 0 aromatic carbocycles. The van der Waals surface area contributed by atoms with Gasteiger partial charge in [0.15, 0.2) is 0 Å². The fraction of sp³-hybridized carbons (Fsp3) is 0.769. The van der Waals surface area contributed by atoms with Crippen LogP contribution in [-0.2, 0) is 13.5 Å². The highest BCUT2D eigenvalue weighted by Gasteiger charge is 2.32. The third kappa shape index (κ3) is 2.64. The SMILES string of the molecule is CNC(CCc1nccn1C)C(C)C1CC1. The number of nitrogens with zero attached hydrogens (tertiary/aromatic N) is 2. The van der Waals surface area contributed by atoms with Crippen LogP contribution in [0.25, 0.3) is 0 Å². The summed E-state index contributed by atoms with van der Waals surface area (Å²) in [5, 5.41) is 3.47. The summed E-state index contributed by atoms with van der Waals surface area (Å²) in [6.07, 6.45) is 9.04. The molecule has 1 aliphatic carbocycles. The van der Waals surface area contributed by atoms with E-state index < -0.39 is 0 Å². The third-order valence-electron chi connectivity index (χ3n) is 3.97. The molecule has 0 amide bonds. The molecule has 2 rings (SSSR count). The van der Waals surface area contributed by atoms with Gasteiger partial charge >= 0.3 is 0 Å². The first-order valence-electron chi connectivity index (χ1n) is 6.36. The molecule has 1 aromatic heterocycles. The quantitative estimate of drug-likeness (QED) is 0.796. The van der Waals surface area contributed by atoms with Gasteiger partial charge in [0.25, 0.3) is 0 Å². The summed E-state index contributed by atoms with van der Waals surface area (Å²) in [6.45, 7) is 2.39. The molecule has 3 nitrogen and oxygen atoms in total. The standard InChI is InChI=1S/C13H23N3/c1-10(11-4-5-11)12(14-2)6-7-13-15-8-9-16(13)3/h8-12,14H,4-7H2,1-3H3. The van der Waals surface area contributed by atoms with Crippen molar-refractivity contribution in [1.29, 1.82) is 0 Å². The van der Waals surface area contributed by atoms with Crippen LogP contribution in [0.5, 0.6) is 0 Å². The van der Waals surface area contributed by atoms with Crippen molar-refractivity contribution in [2.75, 3.05) is 7.05 Å². The summed E-state index contributed by atoms with van der Waals surface area (Å²) in [5.41, 5.74) is 0. The number of hydrogen-bond donors (Lipinski definition) is 1. The number of rotatable bonds is 6. The molecule has 0 saturated heterocycles. The summed E-state index contributed by atoms with van der Waals surface area (Å²) in [7, 11) is 4.16. The minimum absolute atomic E-state index is 0.643. The van der Waals surface area contributed by atoms with Gasteiger partial charge in [-0.2, -0.15) is 0 Å². The van der Waals surface area contributed by atoms with E-state index in [0.29, 0.717) is 6.04 Å². The van der Waals surface area contributed by atoms with Gasteiger partial charge in [0.2, 0.25) is 0 Å². The van der Waals surface area contributed by atoms with Crippen molar-refractivity contribution in [1.82, 2.24) is 14.9 Å². The average Bonchev–Trinajstić information content (AvgIpc) is 3.05. The second kappa shape index (κ2) is 5.00. The lowest BCUT2D eigenvalue weighted by Crippen LogP contribution is -2.33. The Morgan fingerprint density at radius 3 is 2.81 bits per heavy atom. The molecule has 3 heteroatoms. The Morgan fingerprint density at radius 1 is 1.56 bits per heavy atom. The molecule has 1 heterocycles. The fourth-order valence-corrected chi connectivity index (χ4v) is 2.54. The van der Waals surface area contributed by atoms with Crippen LogP contribution >= 0.6 is 0 Å². The van der Waals surface area contributed by atoms with Crippen molar-refractivity contribution >= 4 is 0 Å². The summed E-state index contributed by atoms with van der Waals surface area (Å²) >= 11 is 0. The first kappa shape index (κ1) is 11.6. The van der Waals surface area contributed by atoms with Gasteiger partial charge in [0, 0.05) is 31.9 Å². The third-order valence-corrected chi connectivity index (χ3v) is 3.97. The number of nitrogens with one attached hydrogen (secondary N) is 1. The zero-order valence-electron chi connectivity index (χ0n) is 10.6. The number of aromatic nitrogens is 2. The maximum atomic E-state index is 4.38. The molecule has 16 heavy (non-hydrogen) atoms. The molecular formula is C13H23N3. The molecule has 0 spiro atoms. The molecule has 1 aliphatic rings. The largest absolute Gasteiger partial charge is 0.338 e. The molecule has 0 aliphatic heterocycles. The van der Waals surface area contributed by atoms with Crippen LogP contribution in [0.2, 0.25) is 0 Å². The van der Waals surface area contributed by atoms with Crippen molar-refractivity contribution in [3.63, 3.8) is 0 Å². The van der Waals surface area contributed by atoms with E-state index in [4.69, 9.17) is 0 Å². The van der Waals surface area contributed by atoms with Gasteiger partial charge in [0.05, 0.1) is 0 Å². The van der Waals surface area contributed by atoms with Crippen molar-refractivity contribution < 1.29 is 0 Å². The van der Waals surface area contributed by atoms with Crippen LogP contribution < -0.4 is 5.32 Å². The van der Waals surface area contributed by atoms with Crippen molar-refractivity contribution in [2.24, 2.45) is 18.9 Å². The molecule has 1 aromatic rings. The van der Waals surface area contributed by atoms with Gasteiger partial charge < -0.3 is 9.88 Å². The van der Waals surface area contributed by atoms with Crippen molar-refractivity contribution in [2.45, 2.75) is 38.6 Å². The first-order valence-corrected chi connectivity index (χ1v) is 6.36. The van der Waals surface area contributed by atoms with E-state index in [9.17, 15) is 0 Å². The summed E-state index contributed by atoms with van der Waals surface area (Å²) in [6, 6.07) is 0.643. The topological polar surface area (TPSA) is 29.9 Å². The Morgan fingerprint density at radius 2 is 2.31 bits per heavy atom. The second-order valence-corrected chi connectivity index (χ2v) is 5.08. The van der Waals surface area contributed by atoms with E-state index in [2.05, 4.69) is 35.9 Å². The van der Waals surface area contributed by atoms with E-state index >= 15 is 0 Å². The Labute approximate surface area is 98.3 Å². The number of aryl methyl sites for hydroxylation is 2. The summed E-state index contributed by atoms with van der Waals surface area (Å²) < 4.78 is 2.12. The Balaban J connectivity index is 1.85. The maximum absolute atomic E-state index is 4.38. The van der Waals surface area contributed by atoms with Crippen LogP contribution in [0.3, 0.4) is 0 Å². The predicted molar refractivity (Wildman–Crippen MR) is 66.3 cm³/mol. The van der Waals surface area contributed by atoms with Gasteiger partial charge in [-0.05, 0) is 38.1 Å². The van der Waals surface area contributed by atoms with Crippen molar-refractivity contribution in [3.8, 4) is 0 Å². The van der Waals surface area contributed by atoms with Gasteiger partial charge in [-0.15, -0.1) is 0 Å². The highest BCUT2D eigenvalue weighted by Crippen LogP contribution is 2.38. The van der Waals surface area contributed by atoms with Gasteiger partial charge in [-0.25, -0.2) is 4.98 Å². The highest BCUT2D eigenvalue weighted by atomic mass is 15.0. The Hall–Kier alpha value is -0.830. The molecule has 1 fully saturated rings. The van der Waals surface area contributed by atoms with Gasteiger partial charge in [-0.3, -0.25) is 0 Å². The van der Waals surface area contributed by atoms with E-state index in [1.807, 2.05) is 12.4 Å². The molecule has 1 saturated carbocycles. The summed E-state index contributed by atoms with van der Waals surface area (Å²) in [4.78, 5) is 4.38. The number of imidazole rings is 1. The lowest BCUT2D eigenvalue weighted by atomic mass is 9.93. The van der Waals surface area contributed by atoms with E-state index in [0.717, 1.165) is 18.3 Å². The monoisotopic (exact) mass is 221 g/mol.